The number of pyridine rings is 1. The Morgan fingerprint density at radius 1 is 1.22 bits per heavy atom. The van der Waals surface area contributed by atoms with Crippen molar-refractivity contribution in [1.82, 2.24) is 19.9 Å². The zero-order chi connectivity index (χ0) is 19.6. The number of thioether (sulfide) groups is 1. The standard InChI is InChI=1S/C16H13F3N6OS/c1-8(15(26)22-11-5-4-10(17)12(18)13(11)19)27-16-24-23-14(25(16)20)9-3-2-6-21-7-9/h2-8H,20H2,1H3,(H,22,26)/t8-/m1/s1. The van der Waals surface area contributed by atoms with Gasteiger partial charge in [0.05, 0.1) is 10.9 Å². The van der Waals surface area contributed by atoms with Gasteiger partial charge in [0.25, 0.3) is 0 Å². The number of benzene rings is 1. The summed E-state index contributed by atoms with van der Waals surface area (Å²) in [5.74, 6) is 1.20. The summed E-state index contributed by atoms with van der Waals surface area (Å²) in [6.07, 6.45) is 3.16. The number of aromatic nitrogens is 4. The molecule has 1 atom stereocenters. The lowest BCUT2D eigenvalue weighted by Crippen LogP contribution is -2.24. The summed E-state index contributed by atoms with van der Waals surface area (Å²) in [4.78, 5) is 16.2. The van der Waals surface area contributed by atoms with Crippen LogP contribution < -0.4 is 11.2 Å². The molecule has 2 heterocycles. The molecule has 0 bridgehead atoms. The van der Waals surface area contributed by atoms with E-state index < -0.39 is 34.3 Å². The van der Waals surface area contributed by atoms with Crippen molar-refractivity contribution in [3.8, 4) is 11.4 Å². The molecule has 7 nitrogen and oxygen atoms in total. The molecule has 27 heavy (non-hydrogen) atoms. The molecule has 3 aromatic rings. The molecule has 3 N–H and O–H groups in total. The third-order valence-corrected chi connectivity index (χ3v) is 4.59. The number of nitrogens with one attached hydrogen (secondary N) is 1. The molecule has 0 aliphatic heterocycles. The second-order valence-electron chi connectivity index (χ2n) is 5.39. The van der Waals surface area contributed by atoms with Gasteiger partial charge in [0.2, 0.25) is 11.1 Å². The lowest BCUT2D eigenvalue weighted by molar-refractivity contribution is -0.115. The number of carbonyl (C=O) groups excluding carboxylic acids is 1. The number of halogens is 3. The van der Waals surface area contributed by atoms with E-state index >= 15 is 0 Å². The Bertz CT molecular complexity index is 982. The van der Waals surface area contributed by atoms with E-state index in [1.165, 1.54) is 11.6 Å². The summed E-state index contributed by atoms with van der Waals surface area (Å²) in [6.45, 7) is 1.52. The van der Waals surface area contributed by atoms with Crippen LogP contribution in [0.3, 0.4) is 0 Å². The van der Waals surface area contributed by atoms with Crippen LogP contribution in [0.4, 0.5) is 18.9 Å². The molecule has 1 amide bonds. The highest BCUT2D eigenvalue weighted by molar-refractivity contribution is 8.00. The number of hydrogen-bond donors (Lipinski definition) is 2. The third-order valence-electron chi connectivity index (χ3n) is 3.53. The van der Waals surface area contributed by atoms with Gasteiger partial charge in [-0.2, -0.15) is 0 Å². The Balaban J connectivity index is 1.72. The predicted molar refractivity (Wildman–Crippen MR) is 93.7 cm³/mol. The van der Waals surface area contributed by atoms with Crippen molar-refractivity contribution >= 4 is 23.4 Å². The molecule has 11 heteroatoms. The summed E-state index contributed by atoms with van der Waals surface area (Å²) in [7, 11) is 0. The fourth-order valence-corrected chi connectivity index (χ4v) is 2.89. The fourth-order valence-electron chi connectivity index (χ4n) is 2.12. The largest absolute Gasteiger partial charge is 0.335 e. The lowest BCUT2D eigenvalue weighted by Gasteiger charge is -2.12. The van der Waals surface area contributed by atoms with Crippen LogP contribution in [0.5, 0.6) is 0 Å². The molecule has 1 aromatic carbocycles. The van der Waals surface area contributed by atoms with E-state index in [4.69, 9.17) is 5.84 Å². The number of nitrogen functional groups attached to an aromatic ring is 1. The van der Waals surface area contributed by atoms with Crippen molar-refractivity contribution < 1.29 is 18.0 Å². The summed E-state index contributed by atoms with van der Waals surface area (Å²) >= 11 is 0.968. The maximum absolute atomic E-state index is 13.7. The van der Waals surface area contributed by atoms with Gasteiger partial charge in [-0.25, -0.2) is 17.8 Å². The molecule has 3 rings (SSSR count). The predicted octanol–water partition coefficient (Wildman–Crippen LogP) is 2.59. The molecule has 0 spiro atoms. The first-order valence-corrected chi connectivity index (χ1v) is 8.48. The van der Waals surface area contributed by atoms with E-state index in [1.54, 1.807) is 24.5 Å². The highest BCUT2D eigenvalue weighted by Crippen LogP contribution is 2.26. The molecule has 0 saturated heterocycles. The minimum absolute atomic E-state index is 0.238. The van der Waals surface area contributed by atoms with Crippen LogP contribution in [0.1, 0.15) is 6.92 Å². The number of hydrogen-bond acceptors (Lipinski definition) is 6. The van der Waals surface area contributed by atoms with E-state index in [0.717, 1.165) is 23.9 Å². The number of amides is 1. The molecule has 0 radical (unpaired) electrons. The average Bonchev–Trinajstić information content (AvgIpc) is 3.03. The lowest BCUT2D eigenvalue weighted by atomic mass is 10.2. The zero-order valence-corrected chi connectivity index (χ0v) is 14.7. The first-order chi connectivity index (χ1) is 12.9. The van der Waals surface area contributed by atoms with Crippen molar-refractivity contribution in [2.75, 3.05) is 11.2 Å². The normalized spacial score (nSPS) is 12.0. The van der Waals surface area contributed by atoms with Crippen LogP contribution in [0.25, 0.3) is 11.4 Å². The van der Waals surface area contributed by atoms with Crippen LogP contribution in [0.15, 0.2) is 41.8 Å². The Morgan fingerprint density at radius 3 is 2.70 bits per heavy atom. The van der Waals surface area contributed by atoms with Crippen LogP contribution in [0.2, 0.25) is 0 Å². The van der Waals surface area contributed by atoms with Gasteiger partial charge in [0.1, 0.15) is 0 Å². The summed E-state index contributed by atoms with van der Waals surface area (Å²) in [5, 5.41) is 9.56. The highest BCUT2D eigenvalue weighted by atomic mass is 32.2. The molecule has 0 saturated carbocycles. The van der Waals surface area contributed by atoms with Crippen LogP contribution >= 0.6 is 11.8 Å². The molecule has 0 aliphatic rings. The first kappa shape index (κ1) is 18.7. The fraction of sp³-hybridized carbons (Fsp3) is 0.125. The number of rotatable bonds is 5. The van der Waals surface area contributed by atoms with E-state index in [-0.39, 0.29) is 5.16 Å². The van der Waals surface area contributed by atoms with Crippen molar-refractivity contribution in [1.29, 1.82) is 0 Å². The minimum atomic E-state index is -1.66. The number of nitrogens with zero attached hydrogens (tertiary/aromatic N) is 4. The summed E-state index contributed by atoms with van der Waals surface area (Å²) in [5.41, 5.74) is 0.178. The minimum Gasteiger partial charge on any atom is -0.335 e. The van der Waals surface area contributed by atoms with Gasteiger partial charge < -0.3 is 11.2 Å². The van der Waals surface area contributed by atoms with Gasteiger partial charge in [-0.1, -0.05) is 11.8 Å². The second-order valence-corrected chi connectivity index (χ2v) is 6.70. The van der Waals surface area contributed by atoms with Gasteiger partial charge in [0.15, 0.2) is 23.3 Å². The van der Waals surface area contributed by atoms with Gasteiger partial charge in [-0.3, -0.25) is 9.78 Å². The SMILES string of the molecule is C[C@@H](Sc1nnc(-c2cccnc2)n1N)C(=O)Nc1ccc(F)c(F)c1F. The number of nitrogens with two attached hydrogens (primary N) is 1. The molecule has 0 unspecified atom stereocenters. The van der Waals surface area contributed by atoms with Gasteiger partial charge in [0, 0.05) is 18.0 Å². The van der Waals surface area contributed by atoms with E-state index in [2.05, 4.69) is 20.5 Å². The van der Waals surface area contributed by atoms with Crippen LogP contribution in [0, 0.1) is 17.5 Å². The molecule has 140 valence electrons. The van der Waals surface area contributed by atoms with Crippen LogP contribution in [-0.4, -0.2) is 31.0 Å². The topological polar surface area (TPSA) is 98.7 Å². The molecular formula is C16H13F3N6OS. The second kappa shape index (κ2) is 7.66. The maximum atomic E-state index is 13.7. The monoisotopic (exact) mass is 394 g/mol. The van der Waals surface area contributed by atoms with E-state index in [9.17, 15) is 18.0 Å². The van der Waals surface area contributed by atoms with Crippen molar-refractivity contribution in [2.45, 2.75) is 17.3 Å². The molecule has 2 aromatic heterocycles. The van der Waals surface area contributed by atoms with Crippen LogP contribution in [-0.2, 0) is 4.79 Å². The van der Waals surface area contributed by atoms with Gasteiger partial charge >= 0.3 is 0 Å². The zero-order valence-electron chi connectivity index (χ0n) is 13.9. The van der Waals surface area contributed by atoms with Gasteiger partial charge in [-0.15, -0.1) is 10.2 Å². The Labute approximate surface area is 155 Å². The van der Waals surface area contributed by atoms with Crippen molar-refractivity contribution in [2.24, 2.45) is 0 Å². The Hall–Kier alpha value is -3.08. The number of anilines is 1. The Kier molecular flexibility index (Phi) is 5.31. The average molecular weight is 394 g/mol. The Morgan fingerprint density at radius 2 is 2.00 bits per heavy atom. The summed E-state index contributed by atoms with van der Waals surface area (Å²) < 4.78 is 41.1. The van der Waals surface area contributed by atoms with E-state index in [0.29, 0.717) is 11.4 Å². The summed E-state index contributed by atoms with van der Waals surface area (Å²) in [6, 6.07) is 5.12. The molecular weight excluding hydrogens is 381 g/mol. The third kappa shape index (κ3) is 3.87. The highest BCUT2D eigenvalue weighted by Gasteiger charge is 2.22. The number of carbonyl (C=O) groups is 1. The first-order valence-electron chi connectivity index (χ1n) is 7.60. The molecule has 0 fully saturated rings. The van der Waals surface area contributed by atoms with Crippen molar-refractivity contribution in [3.63, 3.8) is 0 Å². The van der Waals surface area contributed by atoms with Gasteiger partial charge in [-0.05, 0) is 31.2 Å². The van der Waals surface area contributed by atoms with Crippen molar-refractivity contribution in [3.05, 3.63) is 54.1 Å². The quantitative estimate of drug-likeness (QED) is 0.392. The maximum Gasteiger partial charge on any atom is 0.237 e. The van der Waals surface area contributed by atoms with E-state index in [1.807, 2.05) is 0 Å². The smallest absolute Gasteiger partial charge is 0.237 e. The molecule has 0 aliphatic carbocycles.